The van der Waals surface area contributed by atoms with E-state index in [9.17, 15) is 0 Å². The zero-order valence-corrected chi connectivity index (χ0v) is 48.9. The highest BCUT2D eigenvalue weighted by Crippen LogP contribution is 2.64. The van der Waals surface area contributed by atoms with E-state index >= 15 is 0 Å². The lowest BCUT2D eigenvalue weighted by atomic mass is 9.68. The largest absolute Gasteiger partial charge is 0.173 e. The smallest absolute Gasteiger partial charge is 0.114 e. The van der Waals surface area contributed by atoms with Gasteiger partial charge in [0, 0.05) is 66.2 Å². The molecule has 0 unspecified atom stereocenters. The van der Waals surface area contributed by atoms with E-state index in [1.54, 1.807) is 11.1 Å². The van der Waals surface area contributed by atoms with Crippen LogP contribution in [0, 0.1) is 27.7 Å². The highest BCUT2D eigenvalue weighted by molar-refractivity contribution is 7.34. The van der Waals surface area contributed by atoms with Crippen LogP contribution in [0.25, 0.3) is 83.7 Å². The van der Waals surface area contributed by atoms with Gasteiger partial charge < -0.3 is 0 Å². The van der Waals surface area contributed by atoms with Crippen LogP contribution in [-0.2, 0) is 10.8 Å². The molecule has 0 fully saturated rings. The maximum atomic E-state index is 5.38. The van der Waals surface area contributed by atoms with Crippen molar-refractivity contribution < 1.29 is 0 Å². The Morgan fingerprint density at radius 1 is 0.389 bits per heavy atom. The fraction of sp³-hybridized carbons (Fsp3) is 0.484. The van der Waals surface area contributed by atoms with Crippen LogP contribution in [0.15, 0.2) is 48.5 Å². The van der Waals surface area contributed by atoms with Crippen LogP contribution < -0.4 is 0 Å². The monoisotopic (exact) mass is 1060 g/mol. The van der Waals surface area contributed by atoms with Gasteiger partial charge in [0.1, 0.15) is 22.1 Å². The minimum Gasteiger partial charge on any atom is -0.173 e. The predicted octanol–water partition coefficient (Wildman–Crippen LogP) is 21.7. The predicted molar refractivity (Wildman–Crippen MR) is 320 cm³/mol. The molecule has 0 amide bonds. The molecule has 9 aromatic rings. The summed E-state index contributed by atoms with van der Waals surface area (Å²) < 4.78 is 23.7. The molecule has 0 radical (unpaired) electrons. The van der Waals surface area contributed by atoms with E-state index in [4.69, 9.17) is 17.5 Å². The van der Waals surface area contributed by atoms with Crippen LogP contribution in [0.5, 0.6) is 0 Å². The molecule has 10 heteroatoms. The quantitative estimate of drug-likeness (QED) is 0.0599. The van der Waals surface area contributed by atoms with Crippen molar-refractivity contribution in [2.75, 3.05) is 0 Å². The summed E-state index contributed by atoms with van der Waals surface area (Å²) in [6.45, 7) is 18.6. The summed E-state index contributed by atoms with van der Waals surface area (Å²) in [4.78, 5) is 8.28. The van der Waals surface area contributed by atoms with Gasteiger partial charge >= 0.3 is 0 Å². The number of benzene rings is 3. The number of aromatic nitrogens is 4. The van der Waals surface area contributed by atoms with Crippen LogP contribution in [0.4, 0.5) is 0 Å². The number of hydrogen-bond acceptors (Lipinski definition) is 10. The van der Waals surface area contributed by atoms with E-state index in [-0.39, 0.29) is 10.8 Å². The second-order valence-corrected chi connectivity index (χ2v) is 27.1. The van der Waals surface area contributed by atoms with Crippen LogP contribution in [0.2, 0.25) is 0 Å². The Kier molecular flexibility index (Phi) is 14.9. The van der Waals surface area contributed by atoms with Crippen LogP contribution in [0.1, 0.15) is 200 Å². The summed E-state index contributed by atoms with van der Waals surface area (Å²) in [5.41, 5.74) is 21.4. The molecule has 0 atom stereocenters. The lowest BCUT2D eigenvalue weighted by molar-refractivity contribution is 0.397. The molecule has 3 aromatic carbocycles. The summed E-state index contributed by atoms with van der Waals surface area (Å²) in [6, 6.07) is 20.1. The highest BCUT2D eigenvalue weighted by atomic mass is 32.1. The molecule has 6 aromatic heterocycles. The average Bonchev–Trinajstić information content (AvgIpc) is 4.26. The van der Waals surface area contributed by atoms with Gasteiger partial charge in [0.2, 0.25) is 0 Å². The number of thiophene rings is 4. The molecule has 0 aliphatic heterocycles. The van der Waals surface area contributed by atoms with Crippen molar-refractivity contribution in [3.05, 3.63) is 92.4 Å². The standard InChI is InChI=1S/C62H72N4S6/c1-9-13-17-21-29-61(30-22-18-14-10-2)44-35-42-45(34-41(44)51-46(61)33-37(5)53-55(51)65-71-63-53)62(31-23-19-15-11-3,32-24-20-16-12-4)47-36-43(54-56(52(42)47)66-72-64-54)48-27-28-50(68-48)58-40(8)60-59(70-58)39(7)57(69-60)49-26-25-38(6)67-49/h25-28,33-36H,9-24,29-32H2,1-8H3. The number of hydrogen-bond donors (Lipinski definition) is 0. The Bertz CT molecular complexity index is 3380. The van der Waals surface area contributed by atoms with Gasteiger partial charge in [-0.1, -0.05) is 136 Å². The summed E-state index contributed by atoms with van der Waals surface area (Å²) in [6.07, 6.45) is 24.8. The van der Waals surface area contributed by atoms with Crippen molar-refractivity contribution >= 4 is 100 Å². The van der Waals surface area contributed by atoms with Gasteiger partial charge in [0.25, 0.3) is 0 Å². The first-order valence-electron chi connectivity index (χ1n) is 27.6. The van der Waals surface area contributed by atoms with E-state index < -0.39 is 0 Å². The van der Waals surface area contributed by atoms with E-state index in [0.717, 1.165) is 34.9 Å². The Morgan fingerprint density at radius 2 is 0.806 bits per heavy atom. The molecule has 6 heterocycles. The van der Waals surface area contributed by atoms with Gasteiger partial charge in [0.15, 0.2) is 0 Å². The average molecular weight is 1070 g/mol. The van der Waals surface area contributed by atoms with E-state index in [1.165, 1.54) is 233 Å². The number of unbranched alkanes of at least 4 members (excludes halogenated alkanes) is 12. The van der Waals surface area contributed by atoms with Gasteiger partial charge in [0.05, 0.1) is 23.5 Å². The third-order valence-corrected chi connectivity index (χ3v) is 23.4. The summed E-state index contributed by atoms with van der Waals surface area (Å²) in [5, 5.41) is 0. The van der Waals surface area contributed by atoms with Gasteiger partial charge in [-0.2, -0.15) is 17.5 Å². The zero-order valence-electron chi connectivity index (χ0n) is 44.0. The van der Waals surface area contributed by atoms with Crippen molar-refractivity contribution in [3.8, 4) is 52.2 Å². The maximum absolute atomic E-state index is 5.38. The van der Waals surface area contributed by atoms with Gasteiger partial charge in [-0.15, -0.1) is 45.3 Å². The fourth-order valence-corrected chi connectivity index (χ4v) is 19.3. The van der Waals surface area contributed by atoms with Crippen molar-refractivity contribution in [2.24, 2.45) is 0 Å². The molecule has 2 aliphatic rings. The van der Waals surface area contributed by atoms with E-state index in [1.807, 2.05) is 45.3 Å². The number of nitrogens with zero attached hydrogens (tertiary/aromatic N) is 4. The highest BCUT2D eigenvalue weighted by Gasteiger charge is 2.50. The Balaban J connectivity index is 1.11. The third kappa shape index (κ3) is 8.52. The SMILES string of the molecule is CCCCCCC1(CCCCCC)c2cc3c(cc2-c2c1cc(C)c1nsnc21)C(CCCCCC)(CCCCCC)c1cc(-c2ccc(-c4sc5c(C)c(-c6ccc(C)s6)sc5c4C)s2)c2nsnc2c1-3. The molecular weight excluding hydrogens is 993 g/mol. The van der Waals surface area contributed by atoms with Crippen molar-refractivity contribution in [1.82, 2.24) is 17.5 Å². The number of fused-ring (bicyclic) bond motifs is 11. The molecular formula is C62H72N4S6. The number of aryl methyl sites for hydroxylation is 4. The first kappa shape index (κ1) is 50.5. The van der Waals surface area contributed by atoms with Crippen molar-refractivity contribution in [3.63, 3.8) is 0 Å². The second-order valence-electron chi connectivity index (χ2n) is 21.6. The molecule has 0 saturated heterocycles. The zero-order chi connectivity index (χ0) is 49.7. The molecule has 0 spiro atoms. The molecule has 376 valence electrons. The molecule has 11 rings (SSSR count). The van der Waals surface area contributed by atoms with E-state index in [0.29, 0.717) is 0 Å². The topological polar surface area (TPSA) is 51.6 Å². The summed E-state index contributed by atoms with van der Waals surface area (Å²) in [5.74, 6) is 0. The van der Waals surface area contributed by atoms with Crippen LogP contribution in [-0.4, -0.2) is 17.5 Å². The maximum Gasteiger partial charge on any atom is 0.114 e. The third-order valence-electron chi connectivity index (χ3n) is 16.9. The first-order valence-corrected chi connectivity index (χ1v) is 32.4. The van der Waals surface area contributed by atoms with Gasteiger partial charge in [-0.05, 0) is 146 Å². The van der Waals surface area contributed by atoms with Crippen molar-refractivity contribution in [2.45, 2.75) is 195 Å². The molecule has 4 nitrogen and oxygen atoms in total. The molecule has 0 bridgehead atoms. The summed E-state index contributed by atoms with van der Waals surface area (Å²) in [7, 11) is 0. The Labute approximate surface area is 453 Å². The molecule has 72 heavy (non-hydrogen) atoms. The fourth-order valence-electron chi connectivity index (χ4n) is 13.1. The first-order chi connectivity index (χ1) is 35.2. The Hall–Kier alpha value is -3.64. The number of rotatable bonds is 23. The lowest BCUT2D eigenvalue weighted by Crippen LogP contribution is -2.27. The lowest BCUT2D eigenvalue weighted by Gasteiger charge is -2.35. The second kappa shape index (κ2) is 21.2. The van der Waals surface area contributed by atoms with Crippen LogP contribution in [0.3, 0.4) is 0 Å². The van der Waals surface area contributed by atoms with E-state index in [2.05, 4.69) is 104 Å². The normalized spacial score (nSPS) is 14.3. The van der Waals surface area contributed by atoms with Gasteiger partial charge in [-0.3, -0.25) is 0 Å². The molecule has 0 N–H and O–H groups in total. The summed E-state index contributed by atoms with van der Waals surface area (Å²) >= 11 is 10.6. The molecule has 0 saturated carbocycles. The van der Waals surface area contributed by atoms with Crippen molar-refractivity contribution in [1.29, 1.82) is 0 Å². The minimum absolute atomic E-state index is 0.0678. The van der Waals surface area contributed by atoms with Crippen LogP contribution >= 0.6 is 68.8 Å². The molecule has 2 aliphatic carbocycles. The minimum atomic E-state index is -0.128. The Morgan fingerprint density at radius 3 is 1.29 bits per heavy atom. The van der Waals surface area contributed by atoms with Gasteiger partial charge in [-0.25, -0.2) is 0 Å².